The molecule has 4 aromatic rings. The number of fused-ring (bicyclic) bond motifs is 2. The molecular weight excluding hydrogens is 1080 g/mol. The molecule has 1 aromatic heterocycles. The smallest absolute Gasteiger partial charge is 0.246 e. The van der Waals surface area contributed by atoms with Crippen LogP contribution < -0.4 is 65.9 Å². The molecule has 0 aliphatic carbocycles. The van der Waals surface area contributed by atoms with E-state index in [0.29, 0.717) is 22.6 Å². The molecule has 0 radical (unpaired) electrons. The fraction of sp³-hybridized carbons (Fsp3) is 0.464. The zero-order valence-corrected chi connectivity index (χ0v) is 46.7. The Morgan fingerprint density at radius 2 is 1.46 bits per heavy atom. The zero-order chi connectivity index (χ0) is 59.3. The monoisotopic (exact) mass is 1150 g/mol. The molecule has 2 saturated heterocycles. The normalized spacial score (nSPS) is 23.0. The van der Waals surface area contributed by atoms with Crippen molar-refractivity contribution in [2.45, 2.75) is 132 Å². The average molecular weight is 1150 g/mol. The first-order valence-corrected chi connectivity index (χ1v) is 27.9. The van der Waals surface area contributed by atoms with Crippen molar-refractivity contribution in [2.24, 2.45) is 44.6 Å². The molecular formula is C56H77ClN16O9. The topological polar surface area (TPSA) is 415 Å². The van der Waals surface area contributed by atoms with Crippen LogP contribution in [0.1, 0.15) is 81.4 Å². The standard InChI is InChI=1S/C56H77ClN16O9/c1-32(74)67-41(20-11-23-64-55(59)60)49(77)72-45-29-47(75)63-22-10-9-19-40(48(58)76)68-52(80)44(28-36-30-66-39-18-8-6-16-37(36)39)70-50(78)42(21-12-24-65-56(61)62)69-51(79)43(26-33-13-3-2-4-14-33)71-53(81)46-27-34(31-73(46)54(45)82)25-35-15-5-7-17-38(35)57/h2-8,13-18,30,34,40-46,50,66,70,78H,9-12,19-29,31H2,1H3,(H2,58,76)(H,63,75)(H,67,74)(H,68,80)(H,69,79)(H,71,81)(H,72,77)(H4,59,60,64)(H4,61,62,65). The molecule has 6 rings (SSSR count). The average Bonchev–Trinajstić information content (AvgIpc) is 4.20. The summed E-state index contributed by atoms with van der Waals surface area (Å²) in [6.07, 6.45) is 0.914. The molecule has 9 unspecified atom stereocenters. The Morgan fingerprint density at radius 1 is 0.780 bits per heavy atom. The number of aliphatic imine (C=N–C) groups is 2. The fourth-order valence-electron chi connectivity index (χ4n) is 10.3. The first-order chi connectivity index (χ1) is 39.3. The summed E-state index contributed by atoms with van der Waals surface area (Å²) in [5.74, 6) is -6.59. The van der Waals surface area contributed by atoms with Gasteiger partial charge in [-0.15, -0.1) is 0 Å². The minimum absolute atomic E-state index is 0.00533. The van der Waals surface area contributed by atoms with Crippen molar-refractivity contribution in [1.82, 2.24) is 47.1 Å². The minimum atomic E-state index is -1.65. The number of primary amides is 1. The maximum atomic E-state index is 15.3. The number of nitrogens with two attached hydrogens (primary N) is 5. The van der Waals surface area contributed by atoms with E-state index in [0.717, 1.165) is 16.5 Å². The Hall–Kier alpha value is -8.29. The van der Waals surface area contributed by atoms with Crippen molar-refractivity contribution in [2.75, 3.05) is 26.2 Å². The van der Waals surface area contributed by atoms with Crippen LogP contribution in [0.4, 0.5) is 0 Å². The molecule has 0 bridgehead atoms. The molecule has 25 nitrogen and oxygen atoms in total. The van der Waals surface area contributed by atoms with Gasteiger partial charge >= 0.3 is 0 Å². The lowest BCUT2D eigenvalue weighted by atomic mass is 9.96. The second-order valence-corrected chi connectivity index (χ2v) is 21.1. The second-order valence-electron chi connectivity index (χ2n) is 20.7. The summed E-state index contributed by atoms with van der Waals surface area (Å²) < 4.78 is 0. The van der Waals surface area contributed by atoms with Gasteiger partial charge in [0.1, 0.15) is 36.4 Å². The van der Waals surface area contributed by atoms with E-state index in [1.54, 1.807) is 48.7 Å². The molecule has 3 aromatic carbocycles. The number of guanidine groups is 2. The van der Waals surface area contributed by atoms with E-state index in [1.807, 2.05) is 36.4 Å². The van der Waals surface area contributed by atoms with E-state index < -0.39 is 108 Å². The SMILES string of the molecule is CC(=O)NC(CCCN=C(N)N)C(=O)NC1CC(=O)NCCCCC(C(N)=O)NC(=O)C(Cc2c[nH]c3ccccc23)NC(O)C(CCCN=C(N)N)NC(=O)C(Cc2ccccc2)NC(=O)C2CC(Cc3ccccc3Cl)CN2C1=O. The number of amides is 8. The molecule has 0 spiro atoms. The minimum Gasteiger partial charge on any atom is -0.376 e. The lowest BCUT2D eigenvalue weighted by Crippen LogP contribution is -2.61. The number of rotatable bonds is 18. The highest BCUT2D eigenvalue weighted by Crippen LogP contribution is 2.30. The molecule has 2 aliphatic heterocycles. The maximum Gasteiger partial charge on any atom is 0.246 e. The van der Waals surface area contributed by atoms with Gasteiger partial charge in [-0.25, -0.2) is 0 Å². The third-order valence-electron chi connectivity index (χ3n) is 14.4. The molecule has 26 heteroatoms. The van der Waals surface area contributed by atoms with Crippen molar-refractivity contribution in [3.63, 3.8) is 0 Å². The number of nitrogens with one attached hydrogen (secondary N) is 8. The van der Waals surface area contributed by atoms with E-state index >= 15 is 9.59 Å². The maximum absolute atomic E-state index is 15.3. The number of aromatic amines is 1. The summed E-state index contributed by atoms with van der Waals surface area (Å²) >= 11 is 6.64. The summed E-state index contributed by atoms with van der Waals surface area (Å²) in [5, 5.41) is 33.1. The highest BCUT2D eigenvalue weighted by Gasteiger charge is 2.44. The molecule has 8 amide bonds. The van der Waals surface area contributed by atoms with E-state index in [2.05, 4.69) is 52.2 Å². The number of benzene rings is 3. The van der Waals surface area contributed by atoms with Crippen LogP contribution in [0.2, 0.25) is 5.02 Å². The predicted octanol–water partition coefficient (Wildman–Crippen LogP) is -0.931. The molecule has 3 heterocycles. The lowest BCUT2D eigenvalue weighted by Gasteiger charge is -2.32. The van der Waals surface area contributed by atoms with Crippen LogP contribution in [0.3, 0.4) is 0 Å². The van der Waals surface area contributed by atoms with E-state index in [-0.39, 0.29) is 102 Å². The Labute approximate surface area is 480 Å². The number of halogens is 1. The molecule has 0 saturated carbocycles. The van der Waals surface area contributed by atoms with Crippen LogP contribution in [0.5, 0.6) is 0 Å². The van der Waals surface area contributed by atoms with Crippen LogP contribution in [-0.4, -0.2) is 149 Å². The van der Waals surface area contributed by atoms with Crippen molar-refractivity contribution in [1.29, 1.82) is 0 Å². The number of hydrogen-bond acceptors (Lipinski definition) is 12. The molecule has 9 atom stereocenters. The number of aliphatic hydroxyl groups excluding tert-OH is 1. The second kappa shape index (κ2) is 31.1. The summed E-state index contributed by atoms with van der Waals surface area (Å²) in [7, 11) is 0. The molecule has 19 N–H and O–H groups in total. The third kappa shape index (κ3) is 19.2. The Kier molecular flexibility index (Phi) is 23.8. The quantitative estimate of drug-likeness (QED) is 0.0325. The van der Waals surface area contributed by atoms with Crippen LogP contribution in [-0.2, 0) is 57.6 Å². The highest BCUT2D eigenvalue weighted by molar-refractivity contribution is 6.31. The van der Waals surface area contributed by atoms with Crippen LogP contribution in [0.15, 0.2) is 95.0 Å². The highest BCUT2D eigenvalue weighted by atomic mass is 35.5. The third-order valence-corrected chi connectivity index (χ3v) is 14.7. The Morgan fingerprint density at radius 3 is 2.17 bits per heavy atom. The molecule has 442 valence electrons. The van der Waals surface area contributed by atoms with Crippen molar-refractivity contribution >= 4 is 81.7 Å². The van der Waals surface area contributed by atoms with Gasteiger partial charge < -0.3 is 75.6 Å². The zero-order valence-electron chi connectivity index (χ0n) is 45.9. The van der Waals surface area contributed by atoms with Gasteiger partial charge in [0.05, 0.1) is 18.5 Å². The van der Waals surface area contributed by atoms with Gasteiger partial charge in [-0.05, 0) is 98.9 Å². The van der Waals surface area contributed by atoms with Gasteiger partial charge in [-0.3, -0.25) is 53.7 Å². The van der Waals surface area contributed by atoms with Gasteiger partial charge in [-0.2, -0.15) is 0 Å². The summed E-state index contributed by atoms with van der Waals surface area (Å²) in [6, 6.07) is 14.4. The van der Waals surface area contributed by atoms with Gasteiger partial charge in [0, 0.05) is 61.6 Å². The predicted molar refractivity (Wildman–Crippen MR) is 310 cm³/mol. The number of para-hydroxylation sites is 1. The molecule has 2 fully saturated rings. The number of carbonyl (C=O) groups excluding carboxylic acids is 8. The van der Waals surface area contributed by atoms with Gasteiger partial charge in [0.15, 0.2) is 11.9 Å². The number of aromatic nitrogens is 1. The number of nitrogens with zero attached hydrogens (tertiary/aromatic N) is 3. The Bertz CT molecular complexity index is 2920. The van der Waals surface area contributed by atoms with Crippen molar-refractivity contribution < 1.29 is 43.5 Å². The molecule has 82 heavy (non-hydrogen) atoms. The van der Waals surface area contributed by atoms with E-state index in [4.69, 9.17) is 40.3 Å². The number of aliphatic hydroxyl groups is 1. The summed E-state index contributed by atoms with van der Waals surface area (Å²) in [4.78, 5) is 126. The van der Waals surface area contributed by atoms with E-state index in [1.165, 1.54) is 11.8 Å². The van der Waals surface area contributed by atoms with Gasteiger partial charge in [-0.1, -0.05) is 78.3 Å². The first-order valence-electron chi connectivity index (χ1n) is 27.5. The fourth-order valence-corrected chi connectivity index (χ4v) is 10.5. The van der Waals surface area contributed by atoms with Crippen molar-refractivity contribution in [3.05, 3.63) is 107 Å². The molecule has 2 aliphatic rings. The number of H-pyrrole nitrogens is 1. The van der Waals surface area contributed by atoms with Gasteiger partial charge in [0.25, 0.3) is 0 Å². The largest absolute Gasteiger partial charge is 0.376 e. The van der Waals surface area contributed by atoms with E-state index in [9.17, 15) is 33.9 Å². The first kappa shape index (κ1) is 62.9. The number of carbonyl (C=O) groups is 8. The van der Waals surface area contributed by atoms with Crippen LogP contribution in [0.25, 0.3) is 10.9 Å². The van der Waals surface area contributed by atoms with Crippen LogP contribution >= 0.6 is 11.6 Å². The Balaban J connectivity index is 1.41. The lowest BCUT2D eigenvalue weighted by molar-refractivity contribution is -0.143. The van der Waals surface area contributed by atoms with Crippen LogP contribution in [0, 0.1) is 5.92 Å². The summed E-state index contributed by atoms with van der Waals surface area (Å²) in [5.41, 5.74) is 31.0. The number of hydrogen-bond donors (Lipinski definition) is 14. The summed E-state index contributed by atoms with van der Waals surface area (Å²) in [6.45, 7) is 1.43. The van der Waals surface area contributed by atoms with Gasteiger partial charge in [0.2, 0.25) is 47.3 Å². The van der Waals surface area contributed by atoms with Crippen molar-refractivity contribution in [3.8, 4) is 0 Å².